The average Bonchev–Trinajstić information content (AvgIpc) is 1.58. The van der Waals surface area contributed by atoms with E-state index in [-0.39, 0.29) is 157 Å². The maximum atomic E-state index is 12.4. The van der Waals surface area contributed by atoms with Gasteiger partial charge in [-0.1, -0.05) is 23.9 Å². The third-order valence-electron chi connectivity index (χ3n) is 14.9. The van der Waals surface area contributed by atoms with Crippen LogP contribution in [0.2, 0.25) is 0 Å². The molecule has 0 fully saturated rings. The fourth-order valence-corrected chi connectivity index (χ4v) is 15.6. The van der Waals surface area contributed by atoms with E-state index in [2.05, 4.69) is 77.6 Å². The van der Waals surface area contributed by atoms with Gasteiger partial charge in [-0.25, -0.2) is 4.98 Å². The maximum absolute atomic E-state index is 12.4. The quantitative estimate of drug-likeness (QED) is 0.00440. The standard InChI is InChI=1S/C62H63N17O21S8.2O3S/c1-35-25-49(74-77-57-37(3)42(33-63)58-65-48-28-41(99-4)14-16-52(48)78(58)59(57)81)53(100-17-5-21-104(84,85)86)30-44(35)71-76-51-29-46(66-61-67-60(64-39-11-9-38(34-80)10-12-39)68-62(69-61)103-20-8-24-107(93,94)95)47(32-55(51)102-19-7-23-106(90,91)92)73-75-50-26-36(2)45(31-54(50)101-18-6-22-105(87,88)89)72-70-43-15-13-40(79(82)83)27-56(43)108(96,97)98;2*1-4(2)3/h9-16,25-32,80-81H,5-8,17-24,34H2,1-4H3,(H,84,85,86)(H,87,88,89)(H,90,91,92)(H,93,94,95)(H,96,97,98)(H2,64,66,67,68,69);;. The molecule has 9 rings (SSSR count). The first kappa shape index (κ1) is 92.5. The van der Waals surface area contributed by atoms with E-state index in [1.165, 1.54) is 54.8 Å². The minimum Gasteiger partial charge on any atom is -0.497 e. The van der Waals surface area contributed by atoms with Crippen LogP contribution in [0.4, 0.5) is 74.5 Å². The highest BCUT2D eigenvalue weighted by molar-refractivity contribution is 8.00. The lowest BCUT2D eigenvalue weighted by Gasteiger charge is -2.14. The molecule has 0 bridgehead atoms. The van der Waals surface area contributed by atoms with Crippen molar-refractivity contribution >= 4 is 198 Å². The summed E-state index contributed by atoms with van der Waals surface area (Å²) in [5.41, 5.74) is 1.56. The van der Waals surface area contributed by atoms with E-state index < -0.39 is 122 Å². The Kier molecular flexibility index (Phi) is 32.9. The fourth-order valence-electron chi connectivity index (χ4n) is 9.73. The van der Waals surface area contributed by atoms with E-state index in [1.807, 2.05) is 0 Å². The lowest BCUT2D eigenvalue weighted by atomic mass is 10.1. The minimum absolute atomic E-state index is 0.00604. The monoisotopic (exact) mass is 1800 g/mol. The van der Waals surface area contributed by atoms with Crippen molar-refractivity contribution in [3.63, 3.8) is 0 Å². The number of anilines is 4. The normalized spacial score (nSPS) is 12.1. The second-order valence-electron chi connectivity index (χ2n) is 23.4. The number of hydrogen-bond donors (Lipinski definition) is 9. The zero-order valence-corrected chi connectivity index (χ0v) is 68.2. The fraction of sp³-hybridized carbons (Fsp3) is 0.274. The molecule has 6 aromatic carbocycles. The van der Waals surface area contributed by atoms with Gasteiger partial charge >= 0.3 is 21.2 Å². The molecule has 0 aliphatic carbocycles. The maximum Gasteiger partial charge on any atom is 0.425 e. The molecule has 0 atom stereocenters. The number of pyridine rings is 1. The number of nitriles is 1. The number of ether oxygens (including phenoxy) is 2. The molecule has 0 saturated carbocycles. The number of fused-ring (bicyclic) bond motifs is 3. The summed E-state index contributed by atoms with van der Waals surface area (Å²) < 4.78 is 231. The Bertz CT molecular complexity index is 6230. The van der Waals surface area contributed by atoms with Crippen molar-refractivity contribution in [3.05, 3.63) is 135 Å². The number of nitro groups is 1. The van der Waals surface area contributed by atoms with Crippen LogP contribution in [0.3, 0.4) is 0 Å². The predicted molar refractivity (Wildman–Crippen MR) is 419 cm³/mol. The van der Waals surface area contributed by atoms with Crippen LogP contribution in [0, 0.1) is 42.2 Å². The van der Waals surface area contributed by atoms with Crippen molar-refractivity contribution in [1.29, 1.82) is 5.26 Å². The highest BCUT2D eigenvalue weighted by Crippen LogP contribution is 2.46. The van der Waals surface area contributed by atoms with Gasteiger partial charge in [-0.05, 0) is 135 Å². The summed E-state index contributed by atoms with van der Waals surface area (Å²) in [5.74, 6) is -2.94. The molecule has 9 aromatic rings. The number of aliphatic hydroxyl groups excluding tert-OH is 1. The number of aromatic hydroxyl groups is 1. The summed E-state index contributed by atoms with van der Waals surface area (Å²) >= 11 is 3.01. The van der Waals surface area contributed by atoms with E-state index >= 15 is 0 Å². The van der Waals surface area contributed by atoms with Gasteiger partial charge in [-0.15, -0.1) is 79.5 Å². The molecule has 0 aliphatic heterocycles. The Labute approximate surface area is 674 Å². The largest absolute Gasteiger partial charge is 0.497 e. The number of nitrogens with one attached hydrogen (secondary N) is 2. The minimum atomic E-state index is -5.11. The lowest BCUT2D eigenvalue weighted by molar-refractivity contribution is -0.385. The van der Waals surface area contributed by atoms with Crippen molar-refractivity contribution in [3.8, 4) is 23.4 Å². The molecule has 44 nitrogen and oxygen atoms in total. The molecule has 0 radical (unpaired) electrons. The SMILES string of the molecule is COc1ccc2c(c1)nc1c(C#N)c(C)c(N=Nc3cc(C)c(N=Nc4cc(Nc5nc(Nc6ccc(CO)cc6)nc(SCCCS(=O)(=O)O)n5)c(N=Nc5cc(C)c(N=Nc6ccc([N+](=O)[O-])cc6S(=O)(=O)O)cc5SCCCS(=O)(=O)O)cc4SCCCS(=O)(=O)O)cc3OCCCS(=O)(=O)O)c(O)n12.O=S(=O)=O.O=S(=O)=O. The van der Waals surface area contributed by atoms with Crippen molar-refractivity contribution in [1.82, 2.24) is 24.3 Å². The van der Waals surface area contributed by atoms with E-state index in [4.69, 9.17) is 34.7 Å². The van der Waals surface area contributed by atoms with Gasteiger partial charge in [0.25, 0.3) is 56.3 Å². The molecule has 9 N–H and O–H groups in total. The first-order valence-corrected chi connectivity index (χ1v) is 45.1. The number of hydrogen-bond acceptors (Lipinski definition) is 40. The van der Waals surface area contributed by atoms with Crippen LogP contribution in [0.5, 0.6) is 17.4 Å². The molecular formula is C62H63N17O27S10. The summed E-state index contributed by atoms with van der Waals surface area (Å²) in [5, 5.41) is 85.3. The third-order valence-corrected chi connectivity index (χ3v) is 22.2. The van der Waals surface area contributed by atoms with Gasteiger partial charge in [0.2, 0.25) is 17.8 Å². The number of thioether (sulfide) groups is 3. The van der Waals surface area contributed by atoms with Crippen LogP contribution in [0.1, 0.15) is 53.5 Å². The van der Waals surface area contributed by atoms with Crippen LogP contribution in [0.25, 0.3) is 16.7 Å². The number of imidazole rings is 1. The molecular weight excluding hydrogens is 1740 g/mol. The average molecular weight is 1800 g/mol. The zero-order chi connectivity index (χ0) is 85.6. The third kappa shape index (κ3) is 29.0. The van der Waals surface area contributed by atoms with Crippen molar-refractivity contribution < 1.29 is 115 Å². The molecule has 0 amide bonds. The number of benzene rings is 6. The number of aryl methyl sites for hydroxylation is 2. The van der Waals surface area contributed by atoms with Gasteiger partial charge in [0.15, 0.2) is 16.5 Å². The molecule has 3 aromatic heterocycles. The molecule has 54 heteroatoms. The Hall–Kier alpha value is -10.6. The predicted octanol–water partition coefficient (Wildman–Crippen LogP) is 11.7. The van der Waals surface area contributed by atoms with E-state index in [1.54, 1.807) is 56.3 Å². The summed E-state index contributed by atoms with van der Waals surface area (Å²) in [6.07, 6.45) is -0.518. The van der Waals surface area contributed by atoms with Gasteiger partial charge in [0.05, 0.1) is 82.0 Å². The highest BCUT2D eigenvalue weighted by atomic mass is 32.2. The number of nitrogens with zero attached hydrogens (tertiary/aromatic N) is 15. The molecule has 0 aliphatic rings. The van der Waals surface area contributed by atoms with Crippen LogP contribution in [-0.2, 0) is 78.4 Å². The zero-order valence-electron chi connectivity index (χ0n) is 60.0. The Morgan fingerprint density at radius 2 is 1.06 bits per heavy atom. The summed E-state index contributed by atoms with van der Waals surface area (Å²) in [4.78, 5) is 28.4. The van der Waals surface area contributed by atoms with E-state index in [9.17, 15) is 90.4 Å². The lowest BCUT2D eigenvalue weighted by Crippen LogP contribution is -2.08. The number of non-ortho nitro benzene ring substituents is 1. The summed E-state index contributed by atoms with van der Waals surface area (Å²) in [6.45, 7) is 4.07. The number of aliphatic hydroxyl groups is 1. The van der Waals surface area contributed by atoms with Gasteiger partial charge in [-0.3, -0.25) is 37.3 Å². The first-order chi connectivity index (χ1) is 54.4. The topological polar surface area (TPSA) is 679 Å². The molecule has 0 saturated heterocycles. The van der Waals surface area contributed by atoms with Gasteiger partial charge in [0.1, 0.15) is 50.8 Å². The first-order valence-electron chi connectivity index (χ1n) is 32.3. The molecule has 0 spiro atoms. The molecule has 3 heterocycles. The second kappa shape index (κ2) is 41.3. The van der Waals surface area contributed by atoms with Crippen LogP contribution >= 0.6 is 35.3 Å². The number of nitro benzene ring substituents is 1. The Balaban J connectivity index is 0.00000222. The van der Waals surface area contributed by atoms with Gasteiger partial charge < -0.3 is 30.3 Å². The number of aromatic nitrogens is 5. The Morgan fingerprint density at radius 3 is 1.59 bits per heavy atom. The number of rotatable bonds is 36. The highest BCUT2D eigenvalue weighted by Gasteiger charge is 2.25. The molecule has 0 unspecified atom stereocenters. The van der Waals surface area contributed by atoms with Crippen LogP contribution < -0.4 is 20.1 Å². The van der Waals surface area contributed by atoms with E-state index in [0.717, 1.165) is 47.4 Å². The van der Waals surface area contributed by atoms with E-state index in [0.29, 0.717) is 39.7 Å². The summed E-state index contributed by atoms with van der Waals surface area (Å²) in [6, 6.07) is 24.5. The number of methoxy groups -OCH3 is 1. The Morgan fingerprint density at radius 1 is 0.569 bits per heavy atom. The molecule has 618 valence electrons. The van der Waals surface area contributed by atoms with Crippen molar-refractivity contribution in [2.24, 2.45) is 40.9 Å². The number of azo groups is 4. The van der Waals surface area contributed by atoms with Crippen LogP contribution in [-0.4, -0.2) is 184 Å². The second-order valence-corrected chi connectivity index (χ2v) is 35.2. The van der Waals surface area contributed by atoms with Gasteiger partial charge in [0, 0.05) is 51.1 Å². The smallest absolute Gasteiger partial charge is 0.425 e. The van der Waals surface area contributed by atoms with Gasteiger partial charge in [-0.2, -0.15) is 72.5 Å². The molecule has 116 heavy (non-hydrogen) atoms. The van der Waals surface area contributed by atoms with Crippen LogP contribution in [0.15, 0.2) is 158 Å². The van der Waals surface area contributed by atoms with Crippen molar-refractivity contribution in [2.75, 3.05) is 64.6 Å². The summed E-state index contributed by atoms with van der Waals surface area (Å²) in [7, 11) is -27.6. The van der Waals surface area contributed by atoms with Crippen molar-refractivity contribution in [2.45, 2.75) is 72.9 Å².